The van der Waals surface area contributed by atoms with Crippen LogP contribution < -0.4 is 5.32 Å². The summed E-state index contributed by atoms with van der Waals surface area (Å²) in [5.41, 5.74) is 1.12. The van der Waals surface area contributed by atoms with E-state index in [9.17, 15) is 4.79 Å². The van der Waals surface area contributed by atoms with E-state index in [1.165, 1.54) is 6.42 Å². The second-order valence-corrected chi connectivity index (χ2v) is 5.44. The minimum absolute atomic E-state index is 0.0856. The molecule has 3 unspecified atom stereocenters. The minimum atomic E-state index is 0.0856. The topological polar surface area (TPSA) is 42.0 Å². The van der Waals surface area contributed by atoms with Gasteiger partial charge in [-0.05, 0) is 55.7 Å². The van der Waals surface area contributed by atoms with Crippen LogP contribution in [0, 0.1) is 17.8 Å². The maximum atomic E-state index is 12.1. The molecule has 2 fully saturated rings. The fourth-order valence-electron chi connectivity index (χ4n) is 3.00. The Morgan fingerprint density at radius 3 is 2.59 bits per heavy atom. The molecule has 3 heteroatoms. The van der Waals surface area contributed by atoms with Crippen molar-refractivity contribution in [3.05, 3.63) is 30.1 Å². The molecule has 1 aromatic rings. The lowest BCUT2D eigenvalue weighted by Crippen LogP contribution is -2.32. The summed E-state index contributed by atoms with van der Waals surface area (Å²) in [6, 6.07) is 4.00. The fraction of sp³-hybridized carbons (Fsp3) is 0.571. The Hall–Kier alpha value is -1.38. The van der Waals surface area contributed by atoms with Crippen molar-refractivity contribution in [3.8, 4) is 0 Å². The van der Waals surface area contributed by atoms with E-state index >= 15 is 0 Å². The van der Waals surface area contributed by atoms with Crippen LogP contribution in [0.2, 0.25) is 0 Å². The van der Waals surface area contributed by atoms with E-state index in [1.807, 2.05) is 19.1 Å². The van der Waals surface area contributed by atoms with Gasteiger partial charge in [0.1, 0.15) is 0 Å². The van der Waals surface area contributed by atoms with E-state index in [-0.39, 0.29) is 17.9 Å². The van der Waals surface area contributed by atoms with Crippen molar-refractivity contribution in [1.82, 2.24) is 10.3 Å². The lowest BCUT2D eigenvalue weighted by atomic mass is 10.0. The van der Waals surface area contributed by atoms with Gasteiger partial charge < -0.3 is 5.32 Å². The minimum Gasteiger partial charge on any atom is -0.349 e. The van der Waals surface area contributed by atoms with Gasteiger partial charge in [0.2, 0.25) is 5.91 Å². The van der Waals surface area contributed by atoms with Crippen molar-refractivity contribution in [3.63, 3.8) is 0 Å². The van der Waals surface area contributed by atoms with Crippen LogP contribution >= 0.6 is 0 Å². The summed E-state index contributed by atoms with van der Waals surface area (Å²) in [6.07, 6.45) is 7.12. The molecule has 2 saturated carbocycles. The normalized spacial score (nSPS) is 31.7. The number of nitrogens with one attached hydrogen (secondary N) is 1. The molecule has 0 aliphatic heterocycles. The van der Waals surface area contributed by atoms with Gasteiger partial charge in [0.25, 0.3) is 0 Å². The highest BCUT2D eigenvalue weighted by Crippen LogP contribution is 2.54. The van der Waals surface area contributed by atoms with Crippen LogP contribution in [-0.2, 0) is 4.79 Å². The molecular weight excluding hydrogens is 212 g/mol. The van der Waals surface area contributed by atoms with Crippen molar-refractivity contribution < 1.29 is 4.79 Å². The van der Waals surface area contributed by atoms with Gasteiger partial charge in [0.15, 0.2) is 0 Å². The summed E-state index contributed by atoms with van der Waals surface area (Å²) in [5, 5.41) is 3.11. The first-order valence-corrected chi connectivity index (χ1v) is 6.44. The molecule has 3 nitrogen and oxygen atoms in total. The molecule has 3 rings (SSSR count). The monoisotopic (exact) mass is 230 g/mol. The number of fused-ring (bicyclic) bond motifs is 1. The number of pyridine rings is 1. The van der Waals surface area contributed by atoms with Crippen LogP contribution in [-0.4, -0.2) is 10.9 Å². The summed E-state index contributed by atoms with van der Waals surface area (Å²) < 4.78 is 0. The number of carbonyl (C=O) groups excluding carboxylic acids is 1. The highest BCUT2D eigenvalue weighted by Gasteiger charge is 2.48. The Morgan fingerprint density at radius 1 is 1.29 bits per heavy atom. The van der Waals surface area contributed by atoms with E-state index in [2.05, 4.69) is 10.3 Å². The summed E-state index contributed by atoms with van der Waals surface area (Å²) in [4.78, 5) is 16.1. The van der Waals surface area contributed by atoms with Gasteiger partial charge in [-0.3, -0.25) is 9.78 Å². The van der Waals surface area contributed by atoms with Crippen molar-refractivity contribution in [1.29, 1.82) is 0 Å². The highest BCUT2D eigenvalue weighted by molar-refractivity contribution is 5.79. The molecule has 3 atom stereocenters. The molecule has 2 aliphatic carbocycles. The average Bonchev–Trinajstić information content (AvgIpc) is 2.97. The average molecular weight is 230 g/mol. The molecule has 1 aromatic heterocycles. The number of hydrogen-bond donors (Lipinski definition) is 1. The van der Waals surface area contributed by atoms with Crippen LogP contribution in [0.4, 0.5) is 0 Å². The SMILES string of the molecule is CC(NC(=O)C1CC2CC2C1)c1ccncc1. The molecule has 1 heterocycles. The Morgan fingerprint density at radius 2 is 1.94 bits per heavy atom. The molecule has 0 aromatic carbocycles. The predicted molar refractivity (Wildman–Crippen MR) is 65.1 cm³/mol. The summed E-state index contributed by atoms with van der Waals surface area (Å²) in [7, 11) is 0. The third-order valence-corrected chi connectivity index (χ3v) is 4.18. The van der Waals surface area contributed by atoms with E-state index in [0.717, 1.165) is 30.2 Å². The Bertz CT molecular complexity index is 407. The molecule has 2 aliphatic rings. The van der Waals surface area contributed by atoms with Crippen LogP contribution in [0.3, 0.4) is 0 Å². The van der Waals surface area contributed by atoms with Gasteiger partial charge in [-0.15, -0.1) is 0 Å². The van der Waals surface area contributed by atoms with Gasteiger partial charge in [-0.2, -0.15) is 0 Å². The molecule has 17 heavy (non-hydrogen) atoms. The number of hydrogen-bond acceptors (Lipinski definition) is 2. The summed E-state index contributed by atoms with van der Waals surface area (Å²) in [5.74, 6) is 2.23. The van der Waals surface area contributed by atoms with Crippen LogP contribution in [0.1, 0.15) is 37.8 Å². The summed E-state index contributed by atoms with van der Waals surface area (Å²) in [6.45, 7) is 2.03. The van der Waals surface area contributed by atoms with E-state index < -0.39 is 0 Å². The molecule has 0 spiro atoms. The van der Waals surface area contributed by atoms with Gasteiger partial charge in [-0.1, -0.05) is 0 Å². The Kier molecular flexibility index (Phi) is 2.61. The highest BCUT2D eigenvalue weighted by atomic mass is 16.1. The smallest absolute Gasteiger partial charge is 0.223 e. The first-order chi connectivity index (χ1) is 8.24. The van der Waals surface area contributed by atoms with Crippen LogP contribution in [0.15, 0.2) is 24.5 Å². The molecule has 90 valence electrons. The van der Waals surface area contributed by atoms with Crippen molar-refractivity contribution in [2.24, 2.45) is 17.8 Å². The number of amides is 1. The first kappa shape index (κ1) is 10.8. The predicted octanol–water partition coefficient (Wildman–Crippen LogP) is 2.30. The van der Waals surface area contributed by atoms with Gasteiger partial charge in [0.05, 0.1) is 6.04 Å². The molecule has 0 radical (unpaired) electrons. The standard InChI is InChI=1S/C14H18N2O/c1-9(10-2-4-15-5-3-10)16-14(17)13-7-11-6-12(11)8-13/h2-5,9,11-13H,6-8H2,1H3,(H,16,17). The third kappa shape index (κ3) is 2.19. The lowest BCUT2D eigenvalue weighted by molar-refractivity contribution is -0.125. The second-order valence-electron chi connectivity index (χ2n) is 5.44. The molecule has 0 saturated heterocycles. The molecule has 0 bridgehead atoms. The first-order valence-electron chi connectivity index (χ1n) is 6.44. The quantitative estimate of drug-likeness (QED) is 0.865. The zero-order valence-electron chi connectivity index (χ0n) is 10.1. The van der Waals surface area contributed by atoms with Crippen molar-refractivity contribution >= 4 is 5.91 Å². The number of aromatic nitrogens is 1. The number of carbonyl (C=O) groups is 1. The zero-order chi connectivity index (χ0) is 11.8. The Labute approximate surface area is 102 Å². The van der Waals surface area contributed by atoms with Crippen molar-refractivity contribution in [2.75, 3.05) is 0 Å². The second kappa shape index (κ2) is 4.13. The van der Waals surface area contributed by atoms with E-state index in [1.54, 1.807) is 12.4 Å². The van der Waals surface area contributed by atoms with Crippen molar-refractivity contribution in [2.45, 2.75) is 32.2 Å². The van der Waals surface area contributed by atoms with Crippen LogP contribution in [0.5, 0.6) is 0 Å². The Balaban J connectivity index is 1.57. The fourth-order valence-corrected chi connectivity index (χ4v) is 3.00. The maximum Gasteiger partial charge on any atom is 0.223 e. The molecular formula is C14H18N2O. The zero-order valence-corrected chi connectivity index (χ0v) is 10.1. The number of nitrogens with zero attached hydrogens (tertiary/aromatic N) is 1. The van der Waals surface area contributed by atoms with E-state index in [4.69, 9.17) is 0 Å². The summed E-state index contributed by atoms with van der Waals surface area (Å²) >= 11 is 0. The number of rotatable bonds is 3. The van der Waals surface area contributed by atoms with Crippen LogP contribution in [0.25, 0.3) is 0 Å². The van der Waals surface area contributed by atoms with Gasteiger partial charge in [-0.25, -0.2) is 0 Å². The largest absolute Gasteiger partial charge is 0.349 e. The maximum absolute atomic E-state index is 12.1. The van der Waals surface area contributed by atoms with Gasteiger partial charge in [0, 0.05) is 18.3 Å². The van der Waals surface area contributed by atoms with E-state index in [0.29, 0.717) is 0 Å². The van der Waals surface area contributed by atoms with Gasteiger partial charge >= 0.3 is 0 Å². The lowest BCUT2D eigenvalue weighted by Gasteiger charge is -2.18. The molecule has 1 N–H and O–H groups in total. The third-order valence-electron chi connectivity index (χ3n) is 4.18. The molecule has 1 amide bonds.